The highest BCUT2D eigenvalue weighted by Gasteiger charge is 2.22. The Kier molecular flexibility index (Phi) is 2.35. The number of rotatable bonds is 2. The van der Waals surface area contributed by atoms with Crippen LogP contribution in [0.2, 0.25) is 0 Å². The van der Waals surface area contributed by atoms with Gasteiger partial charge in [-0.15, -0.1) is 0 Å². The minimum absolute atomic E-state index is 0.530. The molecule has 2 heterocycles. The smallest absolute Gasteiger partial charge is 0.148 e. The number of hydrogen-bond donors (Lipinski definition) is 2. The maximum absolute atomic E-state index is 4.47. The SMILES string of the molecule is CCc1nn(C)c2c1NCC(CC)N2. The molecular weight excluding hydrogens is 176 g/mol. The molecule has 1 aliphatic heterocycles. The van der Waals surface area contributed by atoms with Crippen LogP contribution in [0.15, 0.2) is 0 Å². The van der Waals surface area contributed by atoms with Gasteiger partial charge in [-0.25, -0.2) is 0 Å². The zero-order chi connectivity index (χ0) is 10.1. The quantitative estimate of drug-likeness (QED) is 0.751. The number of nitrogens with zero attached hydrogens (tertiary/aromatic N) is 2. The Morgan fingerprint density at radius 3 is 2.93 bits per heavy atom. The van der Waals surface area contributed by atoms with Crippen LogP contribution in [0.4, 0.5) is 11.5 Å². The van der Waals surface area contributed by atoms with Gasteiger partial charge in [0.2, 0.25) is 0 Å². The zero-order valence-electron chi connectivity index (χ0n) is 9.09. The van der Waals surface area contributed by atoms with Gasteiger partial charge in [0.05, 0.1) is 5.69 Å². The second-order valence-electron chi connectivity index (χ2n) is 3.78. The standard InChI is InChI=1S/C10H18N4/c1-4-7-6-11-9-8(5-2)13-14(3)10(9)12-7/h7,11-12H,4-6H2,1-3H3. The summed E-state index contributed by atoms with van der Waals surface area (Å²) < 4.78 is 1.93. The van der Waals surface area contributed by atoms with Crippen LogP contribution in [0.5, 0.6) is 0 Å². The maximum Gasteiger partial charge on any atom is 0.148 e. The van der Waals surface area contributed by atoms with Crippen molar-refractivity contribution in [2.75, 3.05) is 17.2 Å². The number of nitrogens with one attached hydrogen (secondary N) is 2. The molecule has 0 spiro atoms. The van der Waals surface area contributed by atoms with Crippen molar-refractivity contribution < 1.29 is 0 Å². The van der Waals surface area contributed by atoms with Crippen molar-refractivity contribution in [1.29, 1.82) is 0 Å². The Hall–Kier alpha value is -1.19. The highest BCUT2D eigenvalue weighted by atomic mass is 15.3. The number of hydrogen-bond acceptors (Lipinski definition) is 3. The third-order valence-corrected chi connectivity index (χ3v) is 2.81. The van der Waals surface area contributed by atoms with E-state index in [1.54, 1.807) is 0 Å². The summed E-state index contributed by atoms with van der Waals surface area (Å²) >= 11 is 0. The summed E-state index contributed by atoms with van der Waals surface area (Å²) in [4.78, 5) is 0. The zero-order valence-corrected chi connectivity index (χ0v) is 9.09. The van der Waals surface area contributed by atoms with Crippen molar-refractivity contribution in [3.8, 4) is 0 Å². The third-order valence-electron chi connectivity index (χ3n) is 2.81. The molecule has 0 amide bonds. The van der Waals surface area contributed by atoms with Crippen LogP contribution in [0.1, 0.15) is 26.0 Å². The first-order chi connectivity index (χ1) is 6.76. The average Bonchev–Trinajstić information content (AvgIpc) is 2.55. The molecule has 2 rings (SSSR count). The summed E-state index contributed by atoms with van der Waals surface area (Å²) in [5, 5.41) is 11.4. The summed E-state index contributed by atoms with van der Waals surface area (Å²) in [5.74, 6) is 1.14. The minimum Gasteiger partial charge on any atom is -0.378 e. The number of fused-ring (bicyclic) bond motifs is 1. The van der Waals surface area contributed by atoms with Crippen LogP contribution in [-0.4, -0.2) is 22.4 Å². The molecule has 4 heteroatoms. The fourth-order valence-electron chi connectivity index (χ4n) is 1.89. The van der Waals surface area contributed by atoms with E-state index < -0.39 is 0 Å². The maximum atomic E-state index is 4.47. The van der Waals surface area contributed by atoms with E-state index in [-0.39, 0.29) is 0 Å². The summed E-state index contributed by atoms with van der Waals surface area (Å²) in [6, 6.07) is 0.530. The minimum atomic E-state index is 0.530. The Balaban J connectivity index is 2.33. The van der Waals surface area contributed by atoms with E-state index in [0.29, 0.717) is 6.04 Å². The van der Waals surface area contributed by atoms with Crippen LogP contribution in [0, 0.1) is 0 Å². The predicted molar refractivity (Wildman–Crippen MR) is 58.8 cm³/mol. The predicted octanol–water partition coefficient (Wildman–Crippen LogP) is 1.60. The number of aromatic nitrogens is 2. The lowest BCUT2D eigenvalue weighted by atomic mass is 10.1. The molecule has 78 valence electrons. The highest BCUT2D eigenvalue weighted by molar-refractivity contribution is 5.70. The normalized spacial score (nSPS) is 19.8. The molecule has 1 aliphatic rings. The molecule has 1 unspecified atom stereocenters. The molecule has 4 nitrogen and oxygen atoms in total. The Morgan fingerprint density at radius 1 is 1.50 bits per heavy atom. The lowest BCUT2D eigenvalue weighted by Gasteiger charge is -2.25. The van der Waals surface area contributed by atoms with Crippen molar-refractivity contribution in [1.82, 2.24) is 9.78 Å². The summed E-state index contributed by atoms with van der Waals surface area (Å²) in [6.07, 6.45) is 2.12. The van der Waals surface area contributed by atoms with Gasteiger partial charge in [0.25, 0.3) is 0 Å². The van der Waals surface area contributed by atoms with Gasteiger partial charge in [-0.3, -0.25) is 4.68 Å². The number of aryl methyl sites for hydroxylation is 2. The van der Waals surface area contributed by atoms with Crippen LogP contribution in [-0.2, 0) is 13.5 Å². The Morgan fingerprint density at radius 2 is 2.29 bits per heavy atom. The second kappa shape index (κ2) is 3.52. The van der Waals surface area contributed by atoms with Crippen LogP contribution < -0.4 is 10.6 Å². The van der Waals surface area contributed by atoms with E-state index >= 15 is 0 Å². The molecule has 14 heavy (non-hydrogen) atoms. The average molecular weight is 194 g/mol. The van der Waals surface area contributed by atoms with Crippen LogP contribution in [0.25, 0.3) is 0 Å². The van der Waals surface area contributed by atoms with E-state index in [1.165, 1.54) is 5.69 Å². The fourth-order valence-corrected chi connectivity index (χ4v) is 1.89. The third kappa shape index (κ3) is 1.35. The summed E-state index contributed by atoms with van der Waals surface area (Å²) in [6.45, 7) is 5.33. The topological polar surface area (TPSA) is 41.9 Å². The molecule has 0 aromatic carbocycles. The highest BCUT2D eigenvalue weighted by Crippen LogP contribution is 2.29. The fraction of sp³-hybridized carbons (Fsp3) is 0.700. The Labute approximate surface area is 84.7 Å². The van der Waals surface area contributed by atoms with Crippen molar-refractivity contribution in [3.05, 3.63) is 5.69 Å². The molecule has 0 saturated carbocycles. The first-order valence-electron chi connectivity index (χ1n) is 5.32. The monoisotopic (exact) mass is 194 g/mol. The molecule has 1 aromatic heterocycles. The van der Waals surface area contributed by atoms with E-state index in [9.17, 15) is 0 Å². The number of anilines is 2. The van der Waals surface area contributed by atoms with Gasteiger partial charge in [-0.2, -0.15) is 5.10 Å². The van der Waals surface area contributed by atoms with Gasteiger partial charge in [0.1, 0.15) is 11.5 Å². The molecular formula is C10H18N4. The molecule has 2 N–H and O–H groups in total. The van der Waals surface area contributed by atoms with Gasteiger partial charge in [-0.05, 0) is 12.8 Å². The van der Waals surface area contributed by atoms with E-state index in [1.807, 2.05) is 11.7 Å². The van der Waals surface area contributed by atoms with Crippen LogP contribution in [0.3, 0.4) is 0 Å². The van der Waals surface area contributed by atoms with Crippen molar-refractivity contribution in [2.45, 2.75) is 32.7 Å². The second-order valence-corrected chi connectivity index (χ2v) is 3.78. The first kappa shape index (κ1) is 9.37. The molecule has 0 saturated heterocycles. The molecule has 0 fully saturated rings. The van der Waals surface area contributed by atoms with E-state index in [2.05, 4.69) is 29.6 Å². The van der Waals surface area contributed by atoms with Crippen molar-refractivity contribution in [3.63, 3.8) is 0 Å². The van der Waals surface area contributed by atoms with Gasteiger partial charge in [-0.1, -0.05) is 13.8 Å². The largest absolute Gasteiger partial charge is 0.378 e. The molecule has 0 aliphatic carbocycles. The van der Waals surface area contributed by atoms with E-state index in [4.69, 9.17) is 0 Å². The molecule has 0 bridgehead atoms. The van der Waals surface area contributed by atoms with Crippen molar-refractivity contribution in [2.24, 2.45) is 7.05 Å². The first-order valence-corrected chi connectivity index (χ1v) is 5.32. The van der Waals surface area contributed by atoms with Gasteiger partial charge in [0.15, 0.2) is 0 Å². The lowest BCUT2D eigenvalue weighted by molar-refractivity contribution is 0.683. The van der Waals surface area contributed by atoms with Gasteiger partial charge < -0.3 is 10.6 Å². The van der Waals surface area contributed by atoms with Gasteiger partial charge in [0, 0.05) is 19.6 Å². The molecule has 1 aromatic rings. The van der Waals surface area contributed by atoms with Gasteiger partial charge >= 0.3 is 0 Å². The Bertz CT molecular complexity index is 329. The summed E-state index contributed by atoms with van der Waals surface area (Å²) in [5.41, 5.74) is 2.35. The molecule has 0 radical (unpaired) electrons. The molecule has 1 atom stereocenters. The lowest BCUT2D eigenvalue weighted by Crippen LogP contribution is -2.33. The summed E-state index contributed by atoms with van der Waals surface area (Å²) in [7, 11) is 1.99. The van der Waals surface area contributed by atoms with Crippen LogP contribution >= 0.6 is 0 Å². The van der Waals surface area contributed by atoms with E-state index in [0.717, 1.165) is 30.9 Å². The van der Waals surface area contributed by atoms with Crippen molar-refractivity contribution >= 4 is 11.5 Å².